The Kier molecular flexibility index (Phi) is 3.95. The molecule has 0 atom stereocenters. The highest BCUT2D eigenvalue weighted by Gasteiger charge is 2.20. The normalized spacial score (nSPS) is 17.8. The molecule has 0 aromatic carbocycles. The lowest BCUT2D eigenvalue weighted by Gasteiger charge is -2.34. The fourth-order valence-corrected chi connectivity index (χ4v) is 1.66. The molecule has 1 saturated carbocycles. The lowest BCUT2D eigenvalue weighted by molar-refractivity contribution is 0.159. The summed E-state index contributed by atoms with van der Waals surface area (Å²) in [4.78, 5) is 3.08. The van der Waals surface area contributed by atoms with Gasteiger partial charge in [0.25, 0.3) is 0 Å². The minimum atomic E-state index is 0.650. The van der Waals surface area contributed by atoms with Crippen molar-refractivity contribution in [3.05, 3.63) is 0 Å². The molecule has 1 aliphatic rings. The maximum absolute atomic E-state index is 5.41. The summed E-state index contributed by atoms with van der Waals surface area (Å²) in [6, 6.07) is 0.844. The van der Waals surface area contributed by atoms with E-state index >= 15 is 0 Å². The highest BCUT2D eigenvalue weighted by Crippen LogP contribution is 2.23. The van der Waals surface area contributed by atoms with Gasteiger partial charge < -0.3 is 10.6 Å². The predicted octanol–water partition coefficient (Wildman–Crippen LogP) is 1.54. The lowest BCUT2D eigenvalue weighted by atomic mass is 9.92. The maximum Gasteiger partial charge on any atom is 0.0727 e. The van der Waals surface area contributed by atoms with E-state index in [4.69, 9.17) is 18.0 Å². The van der Waals surface area contributed by atoms with Crippen molar-refractivity contribution in [2.45, 2.75) is 38.1 Å². The Morgan fingerprint density at radius 2 is 2.25 bits per heavy atom. The first-order valence-corrected chi connectivity index (χ1v) is 5.09. The topological polar surface area (TPSA) is 29.3 Å². The van der Waals surface area contributed by atoms with Crippen molar-refractivity contribution in [1.29, 1.82) is 0 Å². The number of hydrogen-bond acceptors (Lipinski definition) is 2. The largest absolute Gasteiger partial charge is 0.393 e. The predicted molar refractivity (Wildman–Crippen MR) is 56.3 cm³/mol. The SMILES string of the molecule is CN(CCCC(N)=S)C1CCC1. The summed E-state index contributed by atoms with van der Waals surface area (Å²) in [5.74, 6) is 0. The van der Waals surface area contributed by atoms with Crippen LogP contribution in [0.25, 0.3) is 0 Å². The van der Waals surface area contributed by atoms with Gasteiger partial charge in [0.15, 0.2) is 0 Å². The van der Waals surface area contributed by atoms with Crippen LogP contribution in [0, 0.1) is 0 Å². The summed E-state index contributed by atoms with van der Waals surface area (Å²) in [6.07, 6.45) is 6.17. The monoisotopic (exact) mass is 186 g/mol. The fraction of sp³-hybridized carbons (Fsp3) is 0.889. The summed E-state index contributed by atoms with van der Waals surface area (Å²) in [5, 5.41) is 0. The molecule has 70 valence electrons. The van der Waals surface area contributed by atoms with Gasteiger partial charge in [0, 0.05) is 6.04 Å². The van der Waals surface area contributed by atoms with E-state index < -0.39 is 0 Å². The quantitative estimate of drug-likeness (QED) is 0.660. The summed E-state index contributed by atoms with van der Waals surface area (Å²) >= 11 is 4.81. The molecule has 0 saturated heterocycles. The van der Waals surface area contributed by atoms with Gasteiger partial charge in [-0.1, -0.05) is 18.6 Å². The van der Waals surface area contributed by atoms with Crippen molar-refractivity contribution in [3.8, 4) is 0 Å². The van der Waals surface area contributed by atoms with Crippen LogP contribution in [0.4, 0.5) is 0 Å². The van der Waals surface area contributed by atoms with E-state index in [1.54, 1.807) is 0 Å². The van der Waals surface area contributed by atoms with Crippen LogP contribution >= 0.6 is 12.2 Å². The Morgan fingerprint density at radius 3 is 2.67 bits per heavy atom. The summed E-state index contributed by atoms with van der Waals surface area (Å²) in [7, 11) is 2.20. The fourth-order valence-electron chi connectivity index (χ4n) is 1.51. The van der Waals surface area contributed by atoms with Gasteiger partial charge in [-0.15, -0.1) is 0 Å². The Morgan fingerprint density at radius 1 is 1.58 bits per heavy atom. The molecule has 2 N–H and O–H groups in total. The second kappa shape index (κ2) is 4.77. The minimum absolute atomic E-state index is 0.650. The lowest BCUT2D eigenvalue weighted by Crippen LogP contribution is -2.37. The van der Waals surface area contributed by atoms with E-state index in [0.717, 1.165) is 25.4 Å². The number of hydrogen-bond donors (Lipinski definition) is 1. The number of nitrogens with zero attached hydrogens (tertiary/aromatic N) is 1. The van der Waals surface area contributed by atoms with Crippen LogP contribution in [0.1, 0.15) is 32.1 Å². The molecular formula is C9H18N2S. The molecule has 0 aromatic heterocycles. The van der Waals surface area contributed by atoms with Gasteiger partial charge in [-0.3, -0.25) is 0 Å². The zero-order valence-corrected chi connectivity index (χ0v) is 8.57. The molecule has 1 aliphatic carbocycles. The molecule has 1 fully saturated rings. The zero-order valence-electron chi connectivity index (χ0n) is 7.75. The van der Waals surface area contributed by atoms with Crippen molar-refractivity contribution in [2.24, 2.45) is 5.73 Å². The van der Waals surface area contributed by atoms with Gasteiger partial charge in [-0.05, 0) is 39.3 Å². The van der Waals surface area contributed by atoms with E-state index in [9.17, 15) is 0 Å². The summed E-state index contributed by atoms with van der Waals surface area (Å²) < 4.78 is 0. The van der Waals surface area contributed by atoms with E-state index in [-0.39, 0.29) is 0 Å². The standard InChI is InChI=1S/C9H18N2S/c1-11(8-4-2-5-8)7-3-6-9(10)12/h8H,2-7H2,1H3,(H2,10,12). The second-order valence-electron chi connectivity index (χ2n) is 3.64. The highest BCUT2D eigenvalue weighted by molar-refractivity contribution is 7.80. The molecular weight excluding hydrogens is 168 g/mol. The van der Waals surface area contributed by atoms with Crippen molar-refractivity contribution in [3.63, 3.8) is 0 Å². The van der Waals surface area contributed by atoms with Gasteiger partial charge in [-0.25, -0.2) is 0 Å². The van der Waals surface area contributed by atoms with Crippen molar-refractivity contribution in [1.82, 2.24) is 4.90 Å². The minimum Gasteiger partial charge on any atom is -0.393 e. The summed E-state index contributed by atoms with van der Waals surface area (Å²) in [6.45, 7) is 1.14. The Labute approximate surface area is 80.1 Å². The second-order valence-corrected chi connectivity index (χ2v) is 4.16. The molecule has 3 heteroatoms. The van der Waals surface area contributed by atoms with Gasteiger partial charge >= 0.3 is 0 Å². The Bertz CT molecular complexity index is 155. The van der Waals surface area contributed by atoms with Crippen molar-refractivity contribution < 1.29 is 0 Å². The molecule has 0 unspecified atom stereocenters. The van der Waals surface area contributed by atoms with Crippen LogP contribution in [0.15, 0.2) is 0 Å². The average Bonchev–Trinajstić information content (AvgIpc) is 1.81. The molecule has 0 spiro atoms. The third kappa shape index (κ3) is 3.07. The van der Waals surface area contributed by atoms with Gasteiger partial charge in [-0.2, -0.15) is 0 Å². The van der Waals surface area contributed by atoms with Crippen LogP contribution < -0.4 is 5.73 Å². The van der Waals surface area contributed by atoms with Crippen LogP contribution in [0.5, 0.6) is 0 Å². The number of thiocarbonyl (C=S) groups is 1. The molecule has 0 bridgehead atoms. The molecule has 0 amide bonds. The molecule has 0 aromatic rings. The van der Waals surface area contributed by atoms with E-state index in [2.05, 4.69) is 11.9 Å². The number of nitrogens with two attached hydrogens (primary N) is 1. The van der Waals surface area contributed by atoms with E-state index in [1.807, 2.05) is 0 Å². The van der Waals surface area contributed by atoms with E-state index in [1.165, 1.54) is 19.3 Å². The third-order valence-corrected chi connectivity index (χ3v) is 2.84. The summed E-state index contributed by atoms with van der Waals surface area (Å²) in [5.41, 5.74) is 5.41. The first-order valence-electron chi connectivity index (χ1n) is 4.68. The van der Waals surface area contributed by atoms with Crippen LogP contribution in [-0.4, -0.2) is 29.5 Å². The maximum atomic E-state index is 5.41. The average molecular weight is 186 g/mol. The van der Waals surface area contributed by atoms with Crippen molar-refractivity contribution >= 4 is 17.2 Å². The molecule has 12 heavy (non-hydrogen) atoms. The molecule has 0 heterocycles. The van der Waals surface area contributed by atoms with Crippen LogP contribution in [-0.2, 0) is 0 Å². The van der Waals surface area contributed by atoms with Gasteiger partial charge in [0.2, 0.25) is 0 Å². The van der Waals surface area contributed by atoms with Crippen molar-refractivity contribution in [2.75, 3.05) is 13.6 Å². The molecule has 0 radical (unpaired) electrons. The van der Waals surface area contributed by atoms with Crippen LogP contribution in [0.3, 0.4) is 0 Å². The Hall–Kier alpha value is -0.150. The molecule has 0 aliphatic heterocycles. The third-order valence-electron chi connectivity index (χ3n) is 2.63. The first-order chi connectivity index (χ1) is 5.70. The smallest absolute Gasteiger partial charge is 0.0727 e. The van der Waals surface area contributed by atoms with Crippen LogP contribution in [0.2, 0.25) is 0 Å². The highest BCUT2D eigenvalue weighted by atomic mass is 32.1. The molecule has 2 nitrogen and oxygen atoms in total. The van der Waals surface area contributed by atoms with Gasteiger partial charge in [0.05, 0.1) is 4.99 Å². The Balaban J connectivity index is 2.01. The molecule has 1 rings (SSSR count). The van der Waals surface area contributed by atoms with E-state index in [0.29, 0.717) is 4.99 Å². The van der Waals surface area contributed by atoms with Gasteiger partial charge in [0.1, 0.15) is 0 Å². The zero-order chi connectivity index (χ0) is 8.97. The number of rotatable bonds is 5. The first kappa shape index (κ1) is 9.93.